The van der Waals surface area contributed by atoms with Crippen LogP contribution in [0.3, 0.4) is 0 Å². The molecule has 0 saturated heterocycles. The van der Waals surface area contributed by atoms with Gasteiger partial charge >= 0.3 is 5.97 Å². The Labute approximate surface area is 129 Å². The lowest BCUT2D eigenvalue weighted by Crippen LogP contribution is -2.39. The van der Waals surface area contributed by atoms with Gasteiger partial charge in [-0.2, -0.15) is 4.57 Å². The van der Waals surface area contributed by atoms with E-state index in [1.165, 1.54) is 0 Å². The van der Waals surface area contributed by atoms with Crippen LogP contribution in [-0.4, -0.2) is 48.2 Å². The quantitative estimate of drug-likeness (QED) is 0.649. The number of rotatable bonds is 3. The van der Waals surface area contributed by atoms with Gasteiger partial charge < -0.3 is 14.6 Å². The molecule has 0 radical (unpaired) electrons. The summed E-state index contributed by atoms with van der Waals surface area (Å²) in [4.78, 5) is 23.7. The van der Waals surface area contributed by atoms with E-state index in [9.17, 15) is 9.59 Å². The lowest BCUT2D eigenvalue weighted by Gasteiger charge is -2.20. The van der Waals surface area contributed by atoms with Crippen LogP contribution in [0.2, 0.25) is 0 Å². The predicted octanol–water partition coefficient (Wildman–Crippen LogP) is 0.737. The maximum absolute atomic E-state index is 11.0. The Hall–Kier alpha value is -2.47. The summed E-state index contributed by atoms with van der Waals surface area (Å²) in [7, 11) is 5.52. The number of nitrogens with one attached hydrogen (secondary N) is 1. The fourth-order valence-corrected chi connectivity index (χ4v) is 1.81. The average Bonchev–Trinajstić information content (AvgIpc) is 2.37. The van der Waals surface area contributed by atoms with Crippen molar-refractivity contribution in [1.29, 1.82) is 0 Å². The number of carbonyl (C=O) groups is 1. The van der Waals surface area contributed by atoms with E-state index in [4.69, 9.17) is 5.11 Å². The summed E-state index contributed by atoms with van der Waals surface area (Å²) in [6, 6.07) is 7.45. The number of quaternary nitrogens is 1. The molecule has 0 spiro atoms. The Balaban J connectivity index is 0.000000261. The molecule has 0 aliphatic rings. The Morgan fingerprint density at radius 2 is 1.82 bits per heavy atom. The van der Waals surface area contributed by atoms with Crippen LogP contribution < -0.4 is 10.1 Å². The molecule has 22 heavy (non-hydrogen) atoms. The topological polar surface area (TPSA) is 74.0 Å². The van der Waals surface area contributed by atoms with Gasteiger partial charge in [-0.15, -0.1) is 0 Å². The van der Waals surface area contributed by atoms with E-state index in [-0.39, 0.29) is 12.1 Å². The summed E-state index contributed by atoms with van der Waals surface area (Å²) >= 11 is 0. The molecule has 0 saturated carbocycles. The molecule has 2 rings (SSSR count). The minimum Gasteiger partial charge on any atom is -0.477 e. The number of aliphatic carboxylic acids is 1. The van der Waals surface area contributed by atoms with E-state index < -0.39 is 5.97 Å². The van der Waals surface area contributed by atoms with Crippen molar-refractivity contribution in [2.45, 2.75) is 6.92 Å². The fourth-order valence-electron chi connectivity index (χ4n) is 1.81. The van der Waals surface area contributed by atoms with Crippen LogP contribution >= 0.6 is 0 Å². The summed E-state index contributed by atoms with van der Waals surface area (Å²) < 4.78 is 2.45. The maximum atomic E-state index is 11.0. The monoisotopic (exact) mass is 305 g/mol. The average molecular weight is 305 g/mol. The zero-order valence-corrected chi connectivity index (χ0v) is 13.4. The Morgan fingerprint density at radius 1 is 1.23 bits per heavy atom. The standard InChI is InChI=1S/C11H10N2O.C5H11NO2/c1-9-7-11(14)12-8-10(9)13-5-3-2-4-6-13;1-6(2,3)4-5(7)8/h2-8H,1H3;4H2,1-3H3/p+2. The van der Waals surface area contributed by atoms with Crippen molar-refractivity contribution in [1.82, 2.24) is 4.98 Å². The fraction of sp³-hybridized carbons (Fsp3) is 0.312. The smallest absolute Gasteiger partial charge is 0.359 e. The molecule has 0 aromatic carbocycles. The largest absolute Gasteiger partial charge is 0.477 e. The van der Waals surface area contributed by atoms with Crippen LogP contribution in [0.25, 0.3) is 5.69 Å². The van der Waals surface area contributed by atoms with E-state index in [0.717, 1.165) is 11.3 Å². The van der Waals surface area contributed by atoms with Crippen LogP contribution in [0.4, 0.5) is 0 Å². The zero-order chi connectivity index (χ0) is 16.8. The third-order valence-corrected chi connectivity index (χ3v) is 2.71. The molecular weight excluding hydrogens is 282 g/mol. The molecule has 0 fully saturated rings. The van der Waals surface area contributed by atoms with E-state index >= 15 is 0 Å². The van der Waals surface area contributed by atoms with Gasteiger partial charge in [0.25, 0.3) is 0 Å². The number of nitrogens with zero attached hydrogens (tertiary/aromatic N) is 2. The number of hydrogen-bond acceptors (Lipinski definition) is 2. The molecule has 0 unspecified atom stereocenters. The van der Waals surface area contributed by atoms with Crippen LogP contribution in [-0.2, 0) is 4.79 Å². The van der Waals surface area contributed by atoms with Crippen LogP contribution in [0.5, 0.6) is 0 Å². The molecule has 6 heteroatoms. The summed E-state index contributed by atoms with van der Waals surface area (Å²) in [5.41, 5.74) is 1.89. The molecule has 2 heterocycles. The van der Waals surface area contributed by atoms with E-state index in [1.54, 1.807) is 12.3 Å². The van der Waals surface area contributed by atoms with Gasteiger partial charge in [-0.25, -0.2) is 4.79 Å². The molecule has 0 aliphatic heterocycles. The molecule has 0 amide bonds. The summed E-state index contributed by atoms with van der Waals surface area (Å²) in [6.45, 7) is 2.10. The molecule has 6 nitrogen and oxygen atoms in total. The lowest BCUT2D eigenvalue weighted by atomic mass is 10.2. The number of H-pyrrole nitrogens is 1. The van der Waals surface area contributed by atoms with Crippen molar-refractivity contribution >= 4 is 5.97 Å². The Kier molecular flexibility index (Phi) is 6.00. The Morgan fingerprint density at radius 3 is 2.23 bits per heavy atom. The first-order valence-corrected chi connectivity index (χ1v) is 6.87. The van der Waals surface area contributed by atoms with Gasteiger partial charge in [0.15, 0.2) is 18.9 Å². The maximum Gasteiger partial charge on any atom is 0.359 e. The minimum atomic E-state index is -0.752. The van der Waals surface area contributed by atoms with Gasteiger partial charge in [-0.3, -0.25) is 4.79 Å². The molecule has 0 bridgehead atoms. The normalized spacial score (nSPS) is 10.5. The number of aromatic amines is 1. The number of aromatic nitrogens is 2. The minimum absolute atomic E-state index is 0.0669. The second-order valence-corrected chi connectivity index (χ2v) is 5.99. The third kappa shape index (κ3) is 6.32. The van der Waals surface area contributed by atoms with E-state index in [2.05, 4.69) is 4.98 Å². The number of pyridine rings is 2. The first-order valence-electron chi connectivity index (χ1n) is 6.87. The number of carboxylic acids is 1. The highest BCUT2D eigenvalue weighted by Gasteiger charge is 2.11. The molecule has 0 aliphatic carbocycles. The van der Waals surface area contributed by atoms with Gasteiger partial charge in [0.2, 0.25) is 11.2 Å². The van der Waals surface area contributed by atoms with Crippen LogP contribution in [0.1, 0.15) is 5.56 Å². The Bertz CT molecular complexity index is 673. The third-order valence-electron chi connectivity index (χ3n) is 2.71. The summed E-state index contributed by atoms with van der Waals surface area (Å²) in [6.07, 6.45) is 5.61. The van der Waals surface area contributed by atoms with Crippen molar-refractivity contribution in [2.24, 2.45) is 0 Å². The van der Waals surface area contributed by atoms with Crippen molar-refractivity contribution in [2.75, 3.05) is 27.7 Å². The number of carboxylic acid groups (broad SMARTS) is 1. The lowest BCUT2D eigenvalue weighted by molar-refractivity contribution is -0.862. The molecule has 0 atom stereocenters. The molecule has 2 aromatic rings. The second kappa shape index (κ2) is 7.51. The van der Waals surface area contributed by atoms with Gasteiger partial charge in [0.05, 0.1) is 27.3 Å². The molecule has 118 valence electrons. The van der Waals surface area contributed by atoms with Crippen molar-refractivity contribution < 1.29 is 19.0 Å². The van der Waals surface area contributed by atoms with Crippen molar-refractivity contribution in [3.05, 3.63) is 58.8 Å². The summed E-state index contributed by atoms with van der Waals surface area (Å²) in [5.74, 6) is -0.752. The SMILES string of the molecule is C[N+](C)(C)CC(=O)O.Cc1cc(=O)[nH]cc1-[n+]1ccccc1. The predicted molar refractivity (Wildman–Crippen MR) is 83.9 cm³/mol. The van der Waals surface area contributed by atoms with Gasteiger partial charge in [0.1, 0.15) is 0 Å². The van der Waals surface area contributed by atoms with Crippen LogP contribution in [0, 0.1) is 6.92 Å². The highest BCUT2D eigenvalue weighted by molar-refractivity contribution is 5.67. The van der Waals surface area contributed by atoms with Gasteiger partial charge in [-0.05, 0) is 6.92 Å². The first kappa shape index (κ1) is 17.6. The van der Waals surface area contributed by atoms with Crippen molar-refractivity contribution in [3.63, 3.8) is 0 Å². The second-order valence-electron chi connectivity index (χ2n) is 5.99. The first-order chi connectivity index (χ1) is 10.2. The summed E-state index contributed by atoms with van der Waals surface area (Å²) in [5, 5.41) is 8.23. The van der Waals surface area contributed by atoms with Gasteiger partial charge in [-0.1, -0.05) is 6.07 Å². The van der Waals surface area contributed by atoms with E-state index in [0.29, 0.717) is 4.48 Å². The number of aryl methyl sites for hydroxylation is 1. The zero-order valence-electron chi connectivity index (χ0n) is 13.4. The molecule has 2 aromatic heterocycles. The highest BCUT2D eigenvalue weighted by Crippen LogP contribution is 2.00. The van der Waals surface area contributed by atoms with Crippen LogP contribution in [0.15, 0.2) is 47.7 Å². The van der Waals surface area contributed by atoms with E-state index in [1.807, 2.05) is 63.2 Å². The number of hydrogen-bond donors (Lipinski definition) is 2. The number of likely N-dealkylation sites (N-methyl/N-ethyl adjacent to an activating group) is 1. The molecular formula is C16H23N3O3+2. The van der Waals surface area contributed by atoms with Gasteiger partial charge in [0, 0.05) is 23.8 Å². The molecule has 2 N–H and O–H groups in total. The van der Waals surface area contributed by atoms with Crippen molar-refractivity contribution in [3.8, 4) is 5.69 Å². The highest BCUT2D eigenvalue weighted by atomic mass is 16.4.